The number of aromatic nitrogens is 1. The zero-order chi connectivity index (χ0) is 12.8. The number of nitrogens with two attached hydrogens (primary N) is 1. The number of hydrogen-bond acceptors (Lipinski definition) is 4. The summed E-state index contributed by atoms with van der Waals surface area (Å²) in [5.41, 5.74) is 6.98. The fourth-order valence-electron chi connectivity index (χ4n) is 1.28. The molecule has 0 atom stereocenters. The number of carbonyl (C=O) groups excluding carboxylic acids is 1. The predicted molar refractivity (Wildman–Crippen MR) is 72.1 cm³/mol. The first-order chi connectivity index (χ1) is 8.04. The number of nitrogens with one attached hydrogen (secondary N) is 1. The molecule has 1 aromatic rings. The van der Waals surface area contributed by atoms with Crippen LogP contribution in [-0.4, -0.2) is 36.5 Å². The summed E-state index contributed by atoms with van der Waals surface area (Å²) in [5, 5.41) is 2.58. The van der Waals surface area contributed by atoms with Crippen LogP contribution in [0.2, 0.25) is 0 Å². The molecule has 1 amide bonds. The van der Waals surface area contributed by atoms with E-state index in [0.717, 1.165) is 5.69 Å². The van der Waals surface area contributed by atoms with Gasteiger partial charge in [-0.25, -0.2) is 0 Å². The highest BCUT2D eigenvalue weighted by atomic mass is 32.1. The molecule has 5 nitrogen and oxygen atoms in total. The summed E-state index contributed by atoms with van der Waals surface area (Å²) in [7, 11) is 3.53. The SMILES string of the molecule is CNC(=O)CCN(C)c1ccc(C(N)=S)nc1. The topological polar surface area (TPSA) is 71.2 Å². The average Bonchev–Trinajstić information content (AvgIpc) is 2.35. The number of rotatable bonds is 5. The molecule has 0 aliphatic rings. The lowest BCUT2D eigenvalue weighted by molar-refractivity contribution is -0.120. The minimum Gasteiger partial charge on any atom is -0.388 e. The Balaban J connectivity index is 2.60. The number of carbonyl (C=O) groups is 1. The molecule has 0 radical (unpaired) electrons. The van der Waals surface area contributed by atoms with Gasteiger partial charge in [0.2, 0.25) is 5.91 Å². The molecule has 0 aliphatic heterocycles. The largest absolute Gasteiger partial charge is 0.388 e. The van der Waals surface area contributed by atoms with Crippen LogP contribution in [0.4, 0.5) is 5.69 Å². The summed E-state index contributed by atoms with van der Waals surface area (Å²) in [6, 6.07) is 3.65. The fraction of sp³-hybridized carbons (Fsp3) is 0.364. The zero-order valence-electron chi connectivity index (χ0n) is 9.93. The Morgan fingerprint density at radius 3 is 2.76 bits per heavy atom. The predicted octanol–water partition coefficient (Wildman–Crippen LogP) is 0.288. The first-order valence-corrected chi connectivity index (χ1v) is 5.63. The van der Waals surface area contributed by atoms with Crippen LogP contribution in [0.15, 0.2) is 18.3 Å². The summed E-state index contributed by atoms with van der Waals surface area (Å²) in [4.78, 5) is 17.5. The van der Waals surface area contributed by atoms with Crippen molar-refractivity contribution in [1.82, 2.24) is 10.3 Å². The van der Waals surface area contributed by atoms with Crippen molar-refractivity contribution in [1.29, 1.82) is 0 Å². The van der Waals surface area contributed by atoms with Crippen LogP contribution in [-0.2, 0) is 4.79 Å². The minimum atomic E-state index is 0.0181. The van der Waals surface area contributed by atoms with Crippen LogP contribution in [0.25, 0.3) is 0 Å². The quantitative estimate of drug-likeness (QED) is 0.737. The van der Waals surface area contributed by atoms with Gasteiger partial charge in [-0.2, -0.15) is 0 Å². The monoisotopic (exact) mass is 252 g/mol. The van der Waals surface area contributed by atoms with Crippen LogP contribution in [0.5, 0.6) is 0 Å². The second-order valence-corrected chi connectivity index (χ2v) is 4.05. The first-order valence-electron chi connectivity index (χ1n) is 5.22. The first kappa shape index (κ1) is 13.4. The van der Waals surface area contributed by atoms with Crippen LogP contribution in [0.3, 0.4) is 0 Å². The molecule has 0 aliphatic carbocycles. The molecule has 0 unspecified atom stereocenters. The standard InChI is InChI=1S/C11H16N4OS/c1-13-10(16)5-6-15(2)8-3-4-9(11(12)17)14-7-8/h3-4,7H,5-6H2,1-2H3,(H2,12,17)(H,13,16). The summed E-state index contributed by atoms with van der Waals surface area (Å²) >= 11 is 4.82. The van der Waals surface area contributed by atoms with Crippen molar-refractivity contribution in [3.8, 4) is 0 Å². The average molecular weight is 252 g/mol. The summed E-state index contributed by atoms with van der Waals surface area (Å²) in [5.74, 6) is 0.0181. The van der Waals surface area contributed by atoms with E-state index in [1.165, 1.54) is 0 Å². The minimum absolute atomic E-state index is 0.0181. The number of thiocarbonyl (C=S) groups is 1. The number of nitrogens with zero attached hydrogens (tertiary/aromatic N) is 2. The fourth-order valence-corrected chi connectivity index (χ4v) is 1.40. The van der Waals surface area contributed by atoms with E-state index in [2.05, 4.69) is 10.3 Å². The smallest absolute Gasteiger partial charge is 0.221 e. The van der Waals surface area contributed by atoms with Crippen molar-refractivity contribution < 1.29 is 4.79 Å². The third kappa shape index (κ3) is 3.99. The van der Waals surface area contributed by atoms with Crippen LogP contribution < -0.4 is 16.0 Å². The molecule has 0 bridgehead atoms. The van der Waals surface area contributed by atoms with E-state index in [9.17, 15) is 4.79 Å². The van der Waals surface area contributed by atoms with Gasteiger partial charge in [-0.1, -0.05) is 12.2 Å². The molecular weight excluding hydrogens is 236 g/mol. The maximum absolute atomic E-state index is 11.1. The van der Waals surface area contributed by atoms with E-state index in [4.69, 9.17) is 18.0 Å². The van der Waals surface area contributed by atoms with Gasteiger partial charge in [-0.15, -0.1) is 0 Å². The Bertz CT molecular complexity index is 404. The summed E-state index contributed by atoms with van der Waals surface area (Å²) in [6.45, 7) is 0.633. The van der Waals surface area contributed by atoms with Crippen molar-refractivity contribution in [3.05, 3.63) is 24.0 Å². The molecule has 0 saturated carbocycles. The van der Waals surface area contributed by atoms with Crippen molar-refractivity contribution in [2.75, 3.05) is 25.5 Å². The Hall–Kier alpha value is -1.69. The highest BCUT2D eigenvalue weighted by molar-refractivity contribution is 7.80. The van der Waals surface area contributed by atoms with Crippen molar-refractivity contribution in [2.45, 2.75) is 6.42 Å². The molecule has 1 rings (SSSR count). The second kappa shape index (κ2) is 6.15. The molecule has 6 heteroatoms. The Morgan fingerprint density at radius 1 is 1.59 bits per heavy atom. The summed E-state index contributed by atoms with van der Waals surface area (Å²) in [6.07, 6.45) is 2.14. The van der Waals surface area contributed by atoms with Gasteiger partial charge in [0.25, 0.3) is 0 Å². The molecule has 0 spiro atoms. The van der Waals surface area contributed by atoms with Gasteiger partial charge < -0.3 is 16.0 Å². The van der Waals surface area contributed by atoms with E-state index in [1.807, 2.05) is 18.0 Å². The van der Waals surface area contributed by atoms with Gasteiger partial charge in [0, 0.05) is 27.1 Å². The number of hydrogen-bond donors (Lipinski definition) is 2. The number of anilines is 1. The zero-order valence-corrected chi connectivity index (χ0v) is 10.8. The van der Waals surface area contributed by atoms with E-state index >= 15 is 0 Å². The maximum atomic E-state index is 11.1. The lowest BCUT2D eigenvalue weighted by Gasteiger charge is -2.18. The molecule has 92 valence electrons. The van der Waals surface area contributed by atoms with Crippen LogP contribution in [0.1, 0.15) is 12.1 Å². The van der Waals surface area contributed by atoms with Crippen molar-refractivity contribution in [3.63, 3.8) is 0 Å². The van der Waals surface area contributed by atoms with E-state index < -0.39 is 0 Å². The molecule has 0 saturated heterocycles. The van der Waals surface area contributed by atoms with Gasteiger partial charge in [-0.3, -0.25) is 9.78 Å². The van der Waals surface area contributed by atoms with Crippen molar-refractivity contribution >= 4 is 28.8 Å². The molecule has 3 N–H and O–H groups in total. The highest BCUT2D eigenvalue weighted by Crippen LogP contribution is 2.11. The van der Waals surface area contributed by atoms with Gasteiger partial charge in [0.1, 0.15) is 4.99 Å². The molecule has 1 heterocycles. The maximum Gasteiger partial charge on any atom is 0.221 e. The molecule has 17 heavy (non-hydrogen) atoms. The Morgan fingerprint density at radius 2 is 2.29 bits per heavy atom. The normalized spacial score (nSPS) is 9.76. The van der Waals surface area contributed by atoms with Gasteiger partial charge in [-0.05, 0) is 12.1 Å². The summed E-state index contributed by atoms with van der Waals surface area (Å²) < 4.78 is 0. The van der Waals surface area contributed by atoms with Crippen LogP contribution in [0, 0.1) is 0 Å². The molecule has 0 aromatic carbocycles. The Labute approximate surface area is 106 Å². The molecular formula is C11H16N4OS. The van der Waals surface area contributed by atoms with Gasteiger partial charge >= 0.3 is 0 Å². The van der Waals surface area contributed by atoms with Crippen LogP contribution >= 0.6 is 12.2 Å². The lowest BCUT2D eigenvalue weighted by Crippen LogP contribution is -2.26. The Kier molecular flexibility index (Phi) is 4.84. The lowest BCUT2D eigenvalue weighted by atomic mass is 10.3. The third-order valence-electron chi connectivity index (χ3n) is 2.39. The van der Waals surface area contributed by atoms with E-state index in [0.29, 0.717) is 18.7 Å². The van der Waals surface area contributed by atoms with E-state index in [1.54, 1.807) is 19.3 Å². The number of pyridine rings is 1. The number of amides is 1. The van der Waals surface area contributed by atoms with Gasteiger partial charge in [0.05, 0.1) is 17.6 Å². The van der Waals surface area contributed by atoms with E-state index in [-0.39, 0.29) is 10.9 Å². The second-order valence-electron chi connectivity index (χ2n) is 3.61. The third-order valence-corrected chi connectivity index (χ3v) is 2.60. The highest BCUT2D eigenvalue weighted by Gasteiger charge is 2.05. The van der Waals surface area contributed by atoms with Gasteiger partial charge in [0.15, 0.2) is 0 Å². The molecule has 1 aromatic heterocycles. The molecule has 0 fully saturated rings. The van der Waals surface area contributed by atoms with Crippen molar-refractivity contribution in [2.24, 2.45) is 5.73 Å².